The third-order valence-electron chi connectivity index (χ3n) is 2.67. The first kappa shape index (κ1) is 14.6. The molecule has 108 valence electrons. The molecule has 0 saturated heterocycles. The third-order valence-corrected chi connectivity index (χ3v) is 2.67. The lowest BCUT2D eigenvalue weighted by Gasteiger charge is -2.11. The normalized spacial score (nSPS) is 9.86. The number of benzene rings is 2. The molecule has 21 heavy (non-hydrogen) atoms. The van der Waals surface area contributed by atoms with Gasteiger partial charge in [-0.25, -0.2) is 8.78 Å². The Balaban J connectivity index is 2.41. The molecule has 0 amide bonds. The molecule has 0 aliphatic carbocycles. The van der Waals surface area contributed by atoms with Crippen molar-refractivity contribution < 1.29 is 23.0 Å². The average Bonchev–Trinajstić information content (AvgIpc) is 2.50. The van der Waals surface area contributed by atoms with Crippen LogP contribution in [0.4, 0.5) is 8.78 Å². The van der Waals surface area contributed by atoms with E-state index in [9.17, 15) is 8.78 Å². The van der Waals surface area contributed by atoms with Gasteiger partial charge in [-0.3, -0.25) is 0 Å². The molecule has 0 spiro atoms. The van der Waals surface area contributed by atoms with Gasteiger partial charge in [-0.1, -0.05) is 0 Å². The van der Waals surface area contributed by atoms with E-state index in [1.54, 1.807) is 12.1 Å². The second-order valence-electron chi connectivity index (χ2n) is 4.03. The number of ether oxygens (including phenoxy) is 3. The molecule has 0 fully saturated rings. The SMILES string of the molecule is COc1cc(OC)cc(Oc2c(F)cc(C#N)cc2F)c1. The minimum atomic E-state index is -0.965. The predicted molar refractivity (Wildman–Crippen MR) is 70.7 cm³/mol. The van der Waals surface area contributed by atoms with Gasteiger partial charge < -0.3 is 14.2 Å². The van der Waals surface area contributed by atoms with Gasteiger partial charge in [0.05, 0.1) is 25.9 Å². The zero-order valence-corrected chi connectivity index (χ0v) is 11.3. The molecule has 0 aliphatic heterocycles. The van der Waals surface area contributed by atoms with Gasteiger partial charge >= 0.3 is 0 Å². The van der Waals surface area contributed by atoms with E-state index in [4.69, 9.17) is 19.5 Å². The third kappa shape index (κ3) is 3.20. The van der Waals surface area contributed by atoms with Crippen molar-refractivity contribution in [1.82, 2.24) is 0 Å². The minimum Gasteiger partial charge on any atom is -0.496 e. The molecule has 0 unspecified atom stereocenters. The molecule has 0 heterocycles. The molecule has 6 heteroatoms. The maximum absolute atomic E-state index is 13.8. The highest BCUT2D eigenvalue weighted by Crippen LogP contribution is 2.33. The molecule has 0 N–H and O–H groups in total. The number of methoxy groups -OCH3 is 2. The van der Waals surface area contributed by atoms with Crippen molar-refractivity contribution in [1.29, 1.82) is 5.26 Å². The zero-order valence-electron chi connectivity index (χ0n) is 11.3. The highest BCUT2D eigenvalue weighted by molar-refractivity contribution is 5.45. The summed E-state index contributed by atoms with van der Waals surface area (Å²) >= 11 is 0. The topological polar surface area (TPSA) is 51.5 Å². The second kappa shape index (κ2) is 6.09. The Kier molecular flexibility index (Phi) is 4.24. The summed E-state index contributed by atoms with van der Waals surface area (Å²) in [4.78, 5) is 0. The number of hydrogen-bond donors (Lipinski definition) is 0. The van der Waals surface area contributed by atoms with E-state index in [1.807, 2.05) is 0 Å². The Bertz CT molecular complexity index is 665. The molecular formula is C15H11F2NO3. The highest BCUT2D eigenvalue weighted by Gasteiger charge is 2.15. The molecule has 2 rings (SSSR count). The summed E-state index contributed by atoms with van der Waals surface area (Å²) in [7, 11) is 2.89. The summed E-state index contributed by atoms with van der Waals surface area (Å²) in [6, 6.07) is 7.97. The Morgan fingerprint density at radius 1 is 0.857 bits per heavy atom. The van der Waals surface area contributed by atoms with E-state index in [1.165, 1.54) is 26.4 Å². The predicted octanol–water partition coefficient (Wildman–Crippen LogP) is 3.65. The molecule has 0 radical (unpaired) electrons. The number of rotatable bonds is 4. The van der Waals surface area contributed by atoms with Gasteiger partial charge in [0.2, 0.25) is 0 Å². The first-order valence-electron chi connectivity index (χ1n) is 5.87. The molecular weight excluding hydrogens is 280 g/mol. The average molecular weight is 291 g/mol. The van der Waals surface area contributed by atoms with Crippen LogP contribution in [0.25, 0.3) is 0 Å². The number of halogens is 2. The quantitative estimate of drug-likeness (QED) is 0.863. The maximum Gasteiger partial charge on any atom is 0.198 e. The van der Waals surface area contributed by atoms with Crippen LogP contribution in [0.3, 0.4) is 0 Å². The summed E-state index contributed by atoms with van der Waals surface area (Å²) in [5.74, 6) is -1.54. The van der Waals surface area contributed by atoms with Gasteiger partial charge in [-0.05, 0) is 12.1 Å². The number of hydrogen-bond acceptors (Lipinski definition) is 4. The summed E-state index contributed by atoms with van der Waals surface area (Å²) in [6.45, 7) is 0. The summed E-state index contributed by atoms with van der Waals surface area (Å²) in [5.41, 5.74) is -0.124. The van der Waals surface area contributed by atoms with Crippen LogP contribution in [0, 0.1) is 23.0 Å². The van der Waals surface area contributed by atoms with Gasteiger partial charge in [-0.2, -0.15) is 5.26 Å². The fourth-order valence-corrected chi connectivity index (χ4v) is 1.68. The smallest absolute Gasteiger partial charge is 0.198 e. The van der Waals surface area contributed by atoms with E-state index in [2.05, 4.69) is 0 Å². The van der Waals surface area contributed by atoms with Crippen LogP contribution in [0.15, 0.2) is 30.3 Å². The zero-order chi connectivity index (χ0) is 15.4. The Morgan fingerprint density at radius 2 is 1.33 bits per heavy atom. The van der Waals surface area contributed by atoms with E-state index < -0.39 is 17.4 Å². The van der Waals surface area contributed by atoms with Crippen molar-refractivity contribution in [2.24, 2.45) is 0 Å². The van der Waals surface area contributed by atoms with E-state index in [0.717, 1.165) is 12.1 Å². The monoisotopic (exact) mass is 291 g/mol. The van der Waals surface area contributed by atoms with E-state index in [-0.39, 0.29) is 11.3 Å². The molecule has 0 atom stereocenters. The number of nitriles is 1. The lowest BCUT2D eigenvalue weighted by molar-refractivity contribution is 0.376. The Hall–Kier alpha value is -2.81. The van der Waals surface area contributed by atoms with Crippen LogP contribution in [0.5, 0.6) is 23.0 Å². The minimum absolute atomic E-state index is 0.124. The standard InChI is InChI=1S/C15H11F2NO3/c1-19-10-5-11(20-2)7-12(6-10)21-15-13(16)3-9(8-18)4-14(15)17/h3-7H,1-2H3. The fourth-order valence-electron chi connectivity index (χ4n) is 1.68. The second-order valence-corrected chi connectivity index (χ2v) is 4.03. The van der Waals surface area contributed by atoms with Gasteiger partial charge in [0.15, 0.2) is 17.4 Å². The first-order chi connectivity index (χ1) is 10.1. The van der Waals surface area contributed by atoms with Crippen LogP contribution in [0.1, 0.15) is 5.56 Å². The summed E-state index contributed by atoms with van der Waals surface area (Å²) < 4.78 is 42.8. The van der Waals surface area contributed by atoms with Gasteiger partial charge in [0.25, 0.3) is 0 Å². The molecule has 2 aromatic rings. The lowest BCUT2D eigenvalue weighted by atomic mass is 10.2. The number of nitrogens with zero attached hydrogens (tertiary/aromatic N) is 1. The first-order valence-corrected chi connectivity index (χ1v) is 5.87. The largest absolute Gasteiger partial charge is 0.496 e. The van der Waals surface area contributed by atoms with Crippen LogP contribution in [-0.4, -0.2) is 14.2 Å². The van der Waals surface area contributed by atoms with Crippen molar-refractivity contribution in [2.75, 3.05) is 14.2 Å². The van der Waals surface area contributed by atoms with E-state index >= 15 is 0 Å². The van der Waals surface area contributed by atoms with Crippen molar-refractivity contribution in [3.05, 3.63) is 47.5 Å². The molecule has 4 nitrogen and oxygen atoms in total. The Morgan fingerprint density at radius 3 is 1.76 bits per heavy atom. The van der Waals surface area contributed by atoms with Gasteiger partial charge in [0, 0.05) is 18.2 Å². The summed E-state index contributed by atoms with van der Waals surface area (Å²) in [5, 5.41) is 8.65. The highest BCUT2D eigenvalue weighted by atomic mass is 19.1. The van der Waals surface area contributed by atoms with Crippen LogP contribution < -0.4 is 14.2 Å². The molecule has 0 aliphatic rings. The van der Waals surface area contributed by atoms with Crippen molar-refractivity contribution >= 4 is 0 Å². The van der Waals surface area contributed by atoms with Crippen LogP contribution >= 0.6 is 0 Å². The molecule has 0 aromatic heterocycles. The Labute approximate surface area is 120 Å². The van der Waals surface area contributed by atoms with Crippen LogP contribution in [0.2, 0.25) is 0 Å². The van der Waals surface area contributed by atoms with Crippen molar-refractivity contribution in [3.63, 3.8) is 0 Å². The fraction of sp³-hybridized carbons (Fsp3) is 0.133. The molecule has 0 bridgehead atoms. The van der Waals surface area contributed by atoms with Crippen molar-refractivity contribution in [2.45, 2.75) is 0 Å². The molecule has 2 aromatic carbocycles. The van der Waals surface area contributed by atoms with Gasteiger partial charge in [0.1, 0.15) is 17.2 Å². The maximum atomic E-state index is 13.8. The molecule has 0 saturated carbocycles. The van der Waals surface area contributed by atoms with Crippen molar-refractivity contribution in [3.8, 4) is 29.1 Å². The van der Waals surface area contributed by atoms with E-state index in [0.29, 0.717) is 11.5 Å². The van der Waals surface area contributed by atoms with Gasteiger partial charge in [-0.15, -0.1) is 0 Å². The summed E-state index contributed by atoms with van der Waals surface area (Å²) in [6.07, 6.45) is 0. The van der Waals surface area contributed by atoms with Crippen LogP contribution in [-0.2, 0) is 0 Å². The lowest BCUT2D eigenvalue weighted by Crippen LogP contribution is -1.95.